The van der Waals surface area contributed by atoms with Crippen LogP contribution < -0.4 is 21.0 Å². The molecule has 1 atom stereocenters. The molecule has 1 amide bonds. The Morgan fingerprint density at radius 3 is 2.28 bits per heavy atom. The Bertz CT molecular complexity index is 1710. The molecule has 3 saturated heterocycles. The number of aromatic nitrogens is 3. The number of fused-ring (bicyclic) bond motifs is 1. The molecule has 246 valence electrons. The van der Waals surface area contributed by atoms with E-state index in [1.807, 2.05) is 57.7 Å². The Labute approximate surface area is 275 Å². The quantitative estimate of drug-likeness (QED) is 0.380. The number of amides is 1. The van der Waals surface area contributed by atoms with Gasteiger partial charge in [-0.05, 0) is 83.0 Å². The van der Waals surface area contributed by atoms with Crippen molar-refractivity contribution >= 4 is 52.9 Å². The average Bonchev–Trinajstić information content (AvgIpc) is 3.23. The van der Waals surface area contributed by atoms with Gasteiger partial charge in [0.1, 0.15) is 11.6 Å². The molecule has 0 spiro atoms. The number of carbonyl (C=O) groups is 1. The van der Waals surface area contributed by atoms with Crippen LogP contribution in [0.3, 0.4) is 0 Å². The van der Waals surface area contributed by atoms with Crippen molar-refractivity contribution in [2.75, 3.05) is 42.5 Å². The van der Waals surface area contributed by atoms with Crippen molar-refractivity contribution in [2.45, 2.75) is 90.9 Å². The first-order valence-corrected chi connectivity index (χ1v) is 16.7. The minimum atomic E-state index is -0.958. The molecule has 3 fully saturated rings. The molecule has 3 aliphatic rings. The Morgan fingerprint density at radius 1 is 1.00 bits per heavy atom. The number of nitrogens with zero attached hydrogens (tertiary/aromatic N) is 6. The molecule has 11 nitrogen and oxygen atoms in total. The number of benzene rings is 1. The average molecular weight is 651 g/mol. The van der Waals surface area contributed by atoms with Crippen LogP contribution in [0.5, 0.6) is 0 Å². The number of carboxylic acid groups (broad SMARTS) is 1. The molecule has 6 rings (SSSR count). The van der Waals surface area contributed by atoms with Crippen LogP contribution in [0.4, 0.5) is 16.4 Å². The highest BCUT2D eigenvalue weighted by atomic mass is 35.5. The van der Waals surface area contributed by atoms with E-state index in [9.17, 15) is 14.7 Å². The normalized spacial score (nSPS) is 21.5. The van der Waals surface area contributed by atoms with Crippen LogP contribution in [0, 0.1) is 0 Å². The maximum Gasteiger partial charge on any atom is 0.494 e. The number of piperazine rings is 1. The number of halogens is 1. The van der Waals surface area contributed by atoms with E-state index < -0.39 is 30.1 Å². The summed E-state index contributed by atoms with van der Waals surface area (Å²) in [5.41, 5.74) is 1.55. The van der Waals surface area contributed by atoms with Crippen LogP contribution in [0.15, 0.2) is 29.1 Å². The smallest absolute Gasteiger partial charge is 0.465 e. The van der Waals surface area contributed by atoms with Gasteiger partial charge in [-0.15, -0.1) is 0 Å². The molecule has 1 unspecified atom stereocenters. The van der Waals surface area contributed by atoms with Crippen LogP contribution in [0.1, 0.15) is 79.2 Å². The predicted octanol–water partition coefficient (Wildman–Crippen LogP) is 5.04. The van der Waals surface area contributed by atoms with Crippen molar-refractivity contribution < 1.29 is 19.2 Å². The van der Waals surface area contributed by atoms with E-state index in [0.29, 0.717) is 53.0 Å². The van der Waals surface area contributed by atoms with Gasteiger partial charge in [0.05, 0.1) is 27.3 Å². The predicted molar refractivity (Wildman–Crippen MR) is 182 cm³/mol. The lowest BCUT2D eigenvalue weighted by molar-refractivity contribution is 0.00578. The van der Waals surface area contributed by atoms with Crippen LogP contribution >= 0.6 is 11.6 Å². The SMILES string of the molecule is CC(C)c1cc(B2OC(C)(C)C(C)(C)O2)ccc1-n1c(=O)nc(N2CCN(C(=O)O)CC2C)c2cc(Cl)c(N3CCCCC3)nc21. The maximum atomic E-state index is 14.2. The van der Waals surface area contributed by atoms with Crippen molar-refractivity contribution in [2.24, 2.45) is 0 Å². The second-order valence-electron chi connectivity index (χ2n) is 14.1. The van der Waals surface area contributed by atoms with Gasteiger partial charge in [-0.1, -0.05) is 37.6 Å². The third-order valence-electron chi connectivity index (χ3n) is 10.0. The fourth-order valence-electron chi connectivity index (χ4n) is 6.67. The molecule has 0 bridgehead atoms. The minimum Gasteiger partial charge on any atom is -0.465 e. The Balaban J connectivity index is 1.53. The number of anilines is 2. The van der Waals surface area contributed by atoms with E-state index in [4.69, 9.17) is 25.9 Å². The van der Waals surface area contributed by atoms with Gasteiger partial charge in [0, 0.05) is 38.8 Å². The summed E-state index contributed by atoms with van der Waals surface area (Å²) in [4.78, 5) is 41.3. The molecule has 1 aromatic carbocycles. The van der Waals surface area contributed by atoms with Crippen LogP contribution in [-0.2, 0) is 9.31 Å². The Hall–Kier alpha value is -3.35. The van der Waals surface area contributed by atoms with Gasteiger partial charge in [-0.25, -0.2) is 19.1 Å². The second-order valence-corrected chi connectivity index (χ2v) is 14.5. The Kier molecular flexibility index (Phi) is 8.52. The molecule has 0 saturated carbocycles. The molecule has 46 heavy (non-hydrogen) atoms. The van der Waals surface area contributed by atoms with E-state index in [0.717, 1.165) is 43.4 Å². The molecule has 13 heteroatoms. The number of hydrogen-bond acceptors (Lipinski definition) is 8. The number of piperidine rings is 1. The van der Waals surface area contributed by atoms with Crippen LogP contribution in [-0.4, -0.2) is 87.7 Å². The van der Waals surface area contributed by atoms with E-state index in [-0.39, 0.29) is 12.0 Å². The second kappa shape index (κ2) is 12.0. The van der Waals surface area contributed by atoms with E-state index in [1.165, 1.54) is 4.90 Å². The number of hydrogen-bond donors (Lipinski definition) is 1. The molecule has 0 radical (unpaired) electrons. The standard InChI is InChI=1S/C33H44BClN6O5/c1-20(2)23-17-22(34-45-32(4,5)33(6,7)46-34)11-12-26(23)41-28-24(18-25(35)29(36-28)38-13-9-8-10-14-38)27(37-30(41)42)40-16-15-39(31(43)44)19-21(40)3/h11-12,17-18,20-21H,8-10,13-16,19H2,1-7H3,(H,43,44). The van der Waals surface area contributed by atoms with Crippen molar-refractivity contribution in [1.29, 1.82) is 0 Å². The molecule has 3 aliphatic heterocycles. The topological polar surface area (TPSA) is 113 Å². The summed E-state index contributed by atoms with van der Waals surface area (Å²) < 4.78 is 14.3. The fraction of sp³-hybridized carbons (Fsp3) is 0.576. The number of rotatable bonds is 5. The zero-order chi connectivity index (χ0) is 33.1. The summed E-state index contributed by atoms with van der Waals surface area (Å²) >= 11 is 6.96. The summed E-state index contributed by atoms with van der Waals surface area (Å²) in [5, 5.41) is 10.7. The van der Waals surface area contributed by atoms with Crippen LogP contribution in [0.25, 0.3) is 16.7 Å². The van der Waals surface area contributed by atoms with E-state index >= 15 is 0 Å². The summed E-state index contributed by atoms with van der Waals surface area (Å²) in [6, 6.07) is 7.61. The largest absolute Gasteiger partial charge is 0.494 e. The lowest BCUT2D eigenvalue weighted by Gasteiger charge is -2.39. The van der Waals surface area contributed by atoms with Crippen molar-refractivity contribution in [3.8, 4) is 5.69 Å². The van der Waals surface area contributed by atoms with Crippen molar-refractivity contribution in [3.05, 3.63) is 45.3 Å². The summed E-state index contributed by atoms with van der Waals surface area (Å²) in [6.45, 7) is 16.9. The van der Waals surface area contributed by atoms with E-state index in [1.54, 1.807) is 4.57 Å². The van der Waals surface area contributed by atoms with Gasteiger partial charge >= 0.3 is 18.9 Å². The van der Waals surface area contributed by atoms with Crippen LogP contribution in [0.2, 0.25) is 5.02 Å². The zero-order valence-electron chi connectivity index (χ0n) is 27.8. The fourth-order valence-corrected chi connectivity index (χ4v) is 6.94. The van der Waals surface area contributed by atoms with Gasteiger partial charge in [0.25, 0.3) is 0 Å². The first-order chi connectivity index (χ1) is 21.7. The highest BCUT2D eigenvalue weighted by Gasteiger charge is 2.51. The minimum absolute atomic E-state index is 0.0528. The molecule has 0 aliphatic carbocycles. The third kappa shape index (κ3) is 5.73. The summed E-state index contributed by atoms with van der Waals surface area (Å²) in [6.07, 6.45) is 2.30. The van der Waals surface area contributed by atoms with Gasteiger partial charge in [0.15, 0.2) is 5.65 Å². The highest BCUT2D eigenvalue weighted by Crippen LogP contribution is 2.38. The highest BCUT2D eigenvalue weighted by molar-refractivity contribution is 6.62. The maximum absolute atomic E-state index is 14.2. The summed E-state index contributed by atoms with van der Waals surface area (Å²) in [5.74, 6) is 1.17. The first-order valence-electron chi connectivity index (χ1n) is 16.3. The summed E-state index contributed by atoms with van der Waals surface area (Å²) in [7, 11) is -0.542. The van der Waals surface area contributed by atoms with Gasteiger partial charge in [-0.3, -0.25) is 0 Å². The molecule has 3 aromatic rings. The third-order valence-corrected chi connectivity index (χ3v) is 10.3. The zero-order valence-corrected chi connectivity index (χ0v) is 28.6. The first kappa shape index (κ1) is 32.6. The van der Waals surface area contributed by atoms with Crippen molar-refractivity contribution in [1.82, 2.24) is 19.4 Å². The molecule has 5 heterocycles. The lowest BCUT2D eigenvalue weighted by atomic mass is 9.77. The van der Waals surface area contributed by atoms with E-state index in [2.05, 4.69) is 29.8 Å². The molecular formula is C33H44BClN6O5. The van der Waals surface area contributed by atoms with Crippen molar-refractivity contribution in [3.63, 3.8) is 0 Å². The Morgan fingerprint density at radius 2 is 1.67 bits per heavy atom. The van der Waals surface area contributed by atoms with Gasteiger partial charge < -0.3 is 29.1 Å². The monoisotopic (exact) mass is 650 g/mol. The molecular weight excluding hydrogens is 607 g/mol. The molecule has 1 N–H and O–H groups in total. The van der Waals surface area contributed by atoms with Gasteiger partial charge in [-0.2, -0.15) is 4.98 Å². The molecule has 2 aromatic heterocycles. The number of pyridine rings is 1. The lowest BCUT2D eigenvalue weighted by Crippen LogP contribution is -2.54. The van der Waals surface area contributed by atoms with Gasteiger partial charge in [0.2, 0.25) is 0 Å².